The molecule has 0 unspecified atom stereocenters. The predicted molar refractivity (Wildman–Crippen MR) is 142 cm³/mol. The summed E-state index contributed by atoms with van der Waals surface area (Å²) in [6.45, 7) is 3.68. The first-order valence-corrected chi connectivity index (χ1v) is 13.8. The summed E-state index contributed by atoms with van der Waals surface area (Å²) < 4.78 is 6.42. The molecule has 2 N–H and O–H groups in total. The van der Waals surface area contributed by atoms with Crippen LogP contribution in [-0.4, -0.2) is 29.0 Å². The Kier molecular flexibility index (Phi) is 6.66. The minimum Gasteiger partial charge on any atom is -0.438 e. The molecule has 6 rings (SSSR count). The molecule has 2 aliphatic rings. The fourth-order valence-electron chi connectivity index (χ4n) is 5.30. The van der Waals surface area contributed by atoms with Crippen LogP contribution in [0.3, 0.4) is 0 Å². The monoisotopic (exact) mass is 499 g/mol. The number of carbonyl (C=O) groups excluding carboxylic acids is 1. The topological polar surface area (TPSA) is 68.5 Å². The van der Waals surface area contributed by atoms with Gasteiger partial charge in [-0.15, -0.1) is 11.3 Å². The molecule has 0 atom stereocenters. The van der Waals surface area contributed by atoms with E-state index in [-0.39, 0.29) is 5.91 Å². The number of quaternary nitrogens is 1. The van der Waals surface area contributed by atoms with Gasteiger partial charge in [0.1, 0.15) is 17.1 Å². The van der Waals surface area contributed by atoms with Crippen LogP contribution in [0.4, 0.5) is 0 Å². The molecule has 36 heavy (non-hydrogen) atoms. The van der Waals surface area contributed by atoms with Crippen LogP contribution in [0.1, 0.15) is 57.9 Å². The van der Waals surface area contributed by atoms with Crippen molar-refractivity contribution in [2.45, 2.75) is 51.6 Å². The highest BCUT2D eigenvalue weighted by Crippen LogP contribution is 2.41. The van der Waals surface area contributed by atoms with Crippen LogP contribution in [0.25, 0.3) is 10.2 Å². The second-order valence-electron chi connectivity index (χ2n) is 9.77. The van der Waals surface area contributed by atoms with E-state index in [0.29, 0.717) is 23.7 Å². The van der Waals surface area contributed by atoms with Gasteiger partial charge in [-0.3, -0.25) is 4.79 Å². The number of aryl methyl sites for hydroxylation is 2. The van der Waals surface area contributed by atoms with E-state index in [9.17, 15) is 4.79 Å². The average Bonchev–Trinajstić information content (AvgIpc) is 3.50. The van der Waals surface area contributed by atoms with Gasteiger partial charge in [0.15, 0.2) is 5.82 Å². The number of carbonyl (C=O) groups is 1. The molecule has 7 heteroatoms. The van der Waals surface area contributed by atoms with Crippen LogP contribution in [0.15, 0.2) is 54.6 Å². The van der Waals surface area contributed by atoms with Crippen molar-refractivity contribution in [2.75, 3.05) is 13.1 Å². The number of fused-ring (bicyclic) bond motifs is 3. The number of amides is 1. The zero-order valence-electron chi connectivity index (χ0n) is 20.4. The Morgan fingerprint density at radius 2 is 1.83 bits per heavy atom. The molecule has 0 spiro atoms. The maximum atomic E-state index is 12.8. The largest absolute Gasteiger partial charge is 0.438 e. The maximum absolute atomic E-state index is 12.8. The summed E-state index contributed by atoms with van der Waals surface area (Å²) in [5.41, 5.74) is 2.98. The molecular formula is C29H31N4O2S+. The Morgan fingerprint density at radius 1 is 0.972 bits per heavy atom. The van der Waals surface area contributed by atoms with Crippen molar-refractivity contribution in [1.29, 1.82) is 0 Å². The summed E-state index contributed by atoms with van der Waals surface area (Å²) in [7, 11) is 0. The van der Waals surface area contributed by atoms with Crippen LogP contribution in [0, 0.1) is 0 Å². The second-order valence-corrected chi connectivity index (χ2v) is 10.9. The first-order chi connectivity index (χ1) is 17.7. The third-order valence-electron chi connectivity index (χ3n) is 7.15. The molecule has 2 aromatic carbocycles. The molecule has 1 saturated heterocycles. The number of piperidine rings is 1. The number of nitrogens with zero attached hydrogens (tertiary/aromatic N) is 2. The molecule has 4 aromatic rings. The maximum Gasteiger partial charge on any atom is 0.251 e. The minimum atomic E-state index is -0.122. The highest BCUT2D eigenvalue weighted by molar-refractivity contribution is 7.19. The molecule has 0 bridgehead atoms. The van der Waals surface area contributed by atoms with Gasteiger partial charge in [-0.2, -0.15) is 4.98 Å². The Morgan fingerprint density at radius 3 is 2.69 bits per heavy atom. The van der Waals surface area contributed by atoms with Gasteiger partial charge < -0.3 is 15.0 Å². The summed E-state index contributed by atoms with van der Waals surface area (Å²) in [4.78, 5) is 26.7. The molecule has 184 valence electrons. The van der Waals surface area contributed by atoms with E-state index >= 15 is 0 Å². The van der Waals surface area contributed by atoms with Crippen LogP contribution >= 0.6 is 11.3 Å². The molecule has 0 radical (unpaired) electrons. The van der Waals surface area contributed by atoms with Gasteiger partial charge in [0.25, 0.3) is 5.91 Å². The lowest BCUT2D eigenvalue weighted by Gasteiger charge is -2.22. The SMILES string of the molecule is O=C(NCc1ccccc1)c1cccc(Oc2nc(C[NH+]3CCCCC3)nc3sc4c(c23)CCC4)c1. The smallest absolute Gasteiger partial charge is 0.251 e. The number of rotatable bonds is 7. The first kappa shape index (κ1) is 23.1. The van der Waals surface area contributed by atoms with Crippen LogP contribution in [0.2, 0.25) is 0 Å². The number of benzene rings is 2. The lowest BCUT2D eigenvalue weighted by Crippen LogP contribution is -3.11. The third kappa shape index (κ3) is 4.99. The lowest BCUT2D eigenvalue weighted by molar-refractivity contribution is -0.919. The Balaban J connectivity index is 1.26. The molecule has 1 fully saturated rings. The Hall–Kier alpha value is -3.29. The number of likely N-dealkylation sites (tertiary alicyclic amines) is 1. The molecule has 3 heterocycles. The van der Waals surface area contributed by atoms with Gasteiger partial charge in [0.05, 0.1) is 18.5 Å². The van der Waals surface area contributed by atoms with E-state index in [4.69, 9.17) is 14.7 Å². The summed E-state index contributed by atoms with van der Waals surface area (Å²) in [5, 5.41) is 4.06. The fourth-order valence-corrected chi connectivity index (χ4v) is 6.57. The van der Waals surface area contributed by atoms with Crippen molar-refractivity contribution in [3.63, 3.8) is 0 Å². The quantitative estimate of drug-likeness (QED) is 0.394. The number of thiophene rings is 1. The van der Waals surface area contributed by atoms with E-state index in [1.54, 1.807) is 22.3 Å². The Bertz CT molecular complexity index is 1380. The number of hydrogen-bond donors (Lipinski definition) is 2. The van der Waals surface area contributed by atoms with Crippen molar-refractivity contribution in [2.24, 2.45) is 0 Å². The fraction of sp³-hybridized carbons (Fsp3) is 0.345. The minimum absolute atomic E-state index is 0.122. The van der Waals surface area contributed by atoms with Crippen molar-refractivity contribution in [1.82, 2.24) is 15.3 Å². The zero-order chi connectivity index (χ0) is 24.3. The van der Waals surface area contributed by atoms with E-state index in [1.807, 2.05) is 48.5 Å². The highest BCUT2D eigenvalue weighted by Gasteiger charge is 2.25. The van der Waals surface area contributed by atoms with Gasteiger partial charge in [0.2, 0.25) is 5.88 Å². The van der Waals surface area contributed by atoms with E-state index in [2.05, 4.69) is 5.32 Å². The van der Waals surface area contributed by atoms with E-state index < -0.39 is 0 Å². The first-order valence-electron chi connectivity index (χ1n) is 13.0. The lowest BCUT2D eigenvalue weighted by atomic mass is 10.1. The number of hydrogen-bond acceptors (Lipinski definition) is 5. The van der Waals surface area contributed by atoms with Crippen molar-refractivity contribution >= 4 is 27.5 Å². The van der Waals surface area contributed by atoms with Crippen molar-refractivity contribution in [3.8, 4) is 11.6 Å². The van der Waals surface area contributed by atoms with Gasteiger partial charge in [-0.25, -0.2) is 4.98 Å². The van der Waals surface area contributed by atoms with Crippen LogP contribution in [0.5, 0.6) is 11.6 Å². The Labute approximate surface area is 215 Å². The summed E-state index contributed by atoms with van der Waals surface area (Å²) in [6.07, 6.45) is 7.20. The summed E-state index contributed by atoms with van der Waals surface area (Å²) in [5.74, 6) is 1.98. The van der Waals surface area contributed by atoms with Gasteiger partial charge in [-0.1, -0.05) is 36.4 Å². The standard InChI is InChI=1S/C29H30N4O2S/c34-27(30-18-20-9-3-1-4-10-20)21-11-7-12-22(17-21)35-28-26-23-13-8-14-24(23)36-29(26)32-25(31-28)19-33-15-5-2-6-16-33/h1,3-4,7,9-12,17H,2,5-6,8,13-16,18-19H2,(H,30,34)/p+1. The molecule has 1 aliphatic heterocycles. The molecule has 2 aromatic heterocycles. The molecule has 0 saturated carbocycles. The molecule has 1 amide bonds. The molecule has 6 nitrogen and oxygen atoms in total. The van der Waals surface area contributed by atoms with E-state index in [0.717, 1.165) is 41.0 Å². The predicted octanol–water partition coefficient (Wildman–Crippen LogP) is 4.47. The third-order valence-corrected chi connectivity index (χ3v) is 8.34. The van der Waals surface area contributed by atoms with Crippen LogP contribution < -0.4 is 15.0 Å². The number of aromatic nitrogens is 2. The van der Waals surface area contributed by atoms with Gasteiger partial charge in [-0.05, 0) is 67.9 Å². The van der Waals surface area contributed by atoms with Crippen molar-refractivity contribution < 1.29 is 14.4 Å². The van der Waals surface area contributed by atoms with Crippen LogP contribution in [-0.2, 0) is 25.9 Å². The van der Waals surface area contributed by atoms with Gasteiger partial charge >= 0.3 is 0 Å². The number of nitrogens with one attached hydrogen (secondary N) is 2. The zero-order valence-corrected chi connectivity index (χ0v) is 21.2. The highest BCUT2D eigenvalue weighted by atomic mass is 32.1. The molecule has 1 aliphatic carbocycles. The normalized spacial score (nSPS) is 15.7. The number of ether oxygens (including phenoxy) is 1. The summed E-state index contributed by atoms with van der Waals surface area (Å²) in [6, 6.07) is 17.3. The van der Waals surface area contributed by atoms with E-state index in [1.165, 1.54) is 49.2 Å². The van der Waals surface area contributed by atoms with Gasteiger partial charge in [0, 0.05) is 17.0 Å². The average molecular weight is 500 g/mol. The molecular weight excluding hydrogens is 468 g/mol. The summed E-state index contributed by atoms with van der Waals surface area (Å²) >= 11 is 1.80. The van der Waals surface area contributed by atoms with Crippen molar-refractivity contribution in [3.05, 3.63) is 82.0 Å². The second kappa shape index (κ2) is 10.4.